The van der Waals surface area contributed by atoms with Gasteiger partial charge in [0.25, 0.3) is 0 Å². The molecule has 0 amide bonds. The van der Waals surface area contributed by atoms with Gasteiger partial charge in [0, 0.05) is 16.3 Å². The fourth-order valence-corrected chi connectivity index (χ4v) is 2.85. The predicted molar refractivity (Wildman–Crippen MR) is 63.2 cm³/mol. The second-order valence-corrected chi connectivity index (χ2v) is 4.92. The summed E-state index contributed by atoms with van der Waals surface area (Å²) in [6.45, 7) is 0. The van der Waals surface area contributed by atoms with E-state index in [0.717, 1.165) is 29.3 Å². The van der Waals surface area contributed by atoms with Gasteiger partial charge in [0.2, 0.25) is 0 Å². The minimum Gasteiger partial charge on any atom is -0.351 e. The lowest BCUT2D eigenvalue weighted by Gasteiger charge is -2.09. The number of Topliss-reactive ketones (excluding diaryl/α,β-unsaturated/α-hetero) is 1. The Morgan fingerprint density at radius 2 is 2.12 bits per heavy atom. The molecule has 1 aliphatic rings. The minimum absolute atomic E-state index is 0.129. The molecule has 1 heterocycles. The van der Waals surface area contributed by atoms with Gasteiger partial charge in [-0.2, -0.15) is 0 Å². The number of fused-ring (bicyclic) bond motifs is 3. The highest BCUT2D eigenvalue weighted by atomic mass is 79.9. The summed E-state index contributed by atoms with van der Waals surface area (Å²) in [5.74, 6) is -0.149. The highest BCUT2D eigenvalue weighted by molar-refractivity contribution is 9.10. The molecule has 1 aromatic heterocycles. The van der Waals surface area contributed by atoms with E-state index in [1.807, 2.05) is 0 Å². The average molecular weight is 282 g/mol. The van der Waals surface area contributed by atoms with E-state index in [0.29, 0.717) is 16.6 Å². The van der Waals surface area contributed by atoms with Gasteiger partial charge < -0.3 is 4.98 Å². The van der Waals surface area contributed by atoms with E-state index < -0.39 is 0 Å². The van der Waals surface area contributed by atoms with Crippen LogP contribution >= 0.6 is 15.9 Å². The van der Waals surface area contributed by atoms with Crippen LogP contribution < -0.4 is 0 Å². The Hall–Kier alpha value is -1.16. The number of ketones is 1. The van der Waals surface area contributed by atoms with Crippen molar-refractivity contribution < 1.29 is 9.18 Å². The van der Waals surface area contributed by atoms with Gasteiger partial charge in [-0.3, -0.25) is 4.79 Å². The van der Waals surface area contributed by atoms with Crippen LogP contribution in [0.15, 0.2) is 16.6 Å². The largest absolute Gasteiger partial charge is 0.351 e. The lowest BCUT2D eigenvalue weighted by Crippen LogP contribution is -2.09. The average Bonchev–Trinajstić information content (AvgIpc) is 2.59. The molecule has 0 bridgehead atoms. The second kappa shape index (κ2) is 3.42. The minimum atomic E-state index is -0.279. The SMILES string of the molecule is O=C1CCCc2c1[nH]c1c(Br)cc(F)cc21. The van der Waals surface area contributed by atoms with Gasteiger partial charge in [0.1, 0.15) is 5.82 Å². The van der Waals surface area contributed by atoms with Crippen LogP contribution in [0.4, 0.5) is 4.39 Å². The monoisotopic (exact) mass is 281 g/mol. The number of benzene rings is 1. The zero-order chi connectivity index (χ0) is 11.3. The summed E-state index contributed by atoms with van der Waals surface area (Å²) in [5.41, 5.74) is 2.45. The molecule has 82 valence electrons. The molecule has 0 spiro atoms. The highest BCUT2D eigenvalue weighted by Crippen LogP contribution is 2.33. The quantitative estimate of drug-likeness (QED) is 0.787. The van der Waals surface area contributed by atoms with Gasteiger partial charge >= 0.3 is 0 Å². The van der Waals surface area contributed by atoms with Crippen molar-refractivity contribution in [2.24, 2.45) is 0 Å². The van der Waals surface area contributed by atoms with E-state index in [9.17, 15) is 9.18 Å². The van der Waals surface area contributed by atoms with E-state index in [4.69, 9.17) is 0 Å². The lowest BCUT2D eigenvalue weighted by molar-refractivity contribution is 0.0968. The van der Waals surface area contributed by atoms with Gasteiger partial charge in [-0.15, -0.1) is 0 Å². The van der Waals surface area contributed by atoms with Crippen molar-refractivity contribution in [3.05, 3.63) is 33.7 Å². The van der Waals surface area contributed by atoms with Crippen LogP contribution in [0, 0.1) is 5.82 Å². The van der Waals surface area contributed by atoms with E-state index in [-0.39, 0.29) is 11.6 Å². The fourth-order valence-electron chi connectivity index (χ4n) is 2.32. The molecule has 0 saturated carbocycles. The number of aryl methyl sites for hydroxylation is 1. The number of nitrogens with one attached hydrogen (secondary N) is 1. The van der Waals surface area contributed by atoms with Gasteiger partial charge in [-0.1, -0.05) is 0 Å². The maximum absolute atomic E-state index is 13.3. The molecule has 1 aliphatic carbocycles. The maximum Gasteiger partial charge on any atom is 0.179 e. The Kier molecular flexibility index (Phi) is 2.14. The van der Waals surface area contributed by atoms with E-state index in [1.54, 1.807) is 0 Å². The fraction of sp³-hybridized carbons (Fsp3) is 0.250. The molecule has 3 rings (SSSR count). The van der Waals surface area contributed by atoms with Crippen molar-refractivity contribution in [2.45, 2.75) is 19.3 Å². The molecule has 0 unspecified atom stereocenters. The van der Waals surface area contributed by atoms with Crippen molar-refractivity contribution in [2.75, 3.05) is 0 Å². The highest BCUT2D eigenvalue weighted by Gasteiger charge is 2.22. The van der Waals surface area contributed by atoms with Gasteiger partial charge in [-0.25, -0.2) is 4.39 Å². The summed E-state index contributed by atoms with van der Waals surface area (Å²) in [7, 11) is 0. The number of halogens is 2. The van der Waals surface area contributed by atoms with Crippen molar-refractivity contribution in [3.63, 3.8) is 0 Å². The van der Waals surface area contributed by atoms with E-state index >= 15 is 0 Å². The lowest BCUT2D eigenvalue weighted by atomic mass is 9.95. The number of hydrogen-bond donors (Lipinski definition) is 1. The number of carbonyl (C=O) groups is 1. The first-order valence-corrected chi connectivity index (χ1v) is 5.99. The summed E-state index contributed by atoms with van der Waals surface area (Å²) >= 11 is 3.31. The molecular formula is C12H9BrFNO. The first-order valence-electron chi connectivity index (χ1n) is 5.19. The predicted octanol–water partition coefficient (Wildman–Crippen LogP) is 3.59. The van der Waals surface area contributed by atoms with Crippen LogP contribution in [0.2, 0.25) is 0 Å². The maximum atomic E-state index is 13.3. The number of rotatable bonds is 0. The summed E-state index contributed by atoms with van der Waals surface area (Å²) in [4.78, 5) is 14.8. The second-order valence-electron chi connectivity index (χ2n) is 4.07. The Morgan fingerprint density at radius 3 is 2.94 bits per heavy atom. The molecule has 1 aromatic carbocycles. The standard InChI is InChI=1S/C12H9BrFNO/c13-9-5-6(14)4-8-7-2-1-3-10(16)12(7)15-11(8)9/h4-5,15H,1-3H2. The normalized spacial score (nSPS) is 15.5. The third kappa shape index (κ3) is 1.33. The van der Waals surface area contributed by atoms with Crippen molar-refractivity contribution in [1.29, 1.82) is 0 Å². The molecule has 0 radical (unpaired) electrons. The number of hydrogen-bond acceptors (Lipinski definition) is 1. The Bertz CT molecular complexity index is 603. The smallest absolute Gasteiger partial charge is 0.179 e. The van der Waals surface area contributed by atoms with Crippen LogP contribution in [-0.2, 0) is 6.42 Å². The van der Waals surface area contributed by atoms with Gasteiger partial charge in [-0.05, 0) is 46.5 Å². The van der Waals surface area contributed by atoms with E-state index in [2.05, 4.69) is 20.9 Å². The first-order chi connectivity index (χ1) is 7.66. The summed E-state index contributed by atoms with van der Waals surface area (Å²) < 4.78 is 14.0. The van der Waals surface area contributed by atoms with Gasteiger partial charge in [0.15, 0.2) is 5.78 Å². The summed E-state index contributed by atoms with van der Waals surface area (Å²) in [6, 6.07) is 2.91. The van der Waals surface area contributed by atoms with Crippen molar-refractivity contribution in [3.8, 4) is 0 Å². The molecule has 0 fully saturated rings. The van der Waals surface area contributed by atoms with Crippen LogP contribution in [0.25, 0.3) is 10.9 Å². The Labute approximate surface area is 100.0 Å². The topological polar surface area (TPSA) is 32.9 Å². The molecule has 16 heavy (non-hydrogen) atoms. The van der Waals surface area contributed by atoms with E-state index in [1.165, 1.54) is 12.1 Å². The molecule has 2 nitrogen and oxygen atoms in total. The number of aromatic nitrogens is 1. The zero-order valence-electron chi connectivity index (χ0n) is 8.44. The third-order valence-electron chi connectivity index (χ3n) is 3.04. The third-order valence-corrected chi connectivity index (χ3v) is 3.67. The summed E-state index contributed by atoms with van der Waals surface area (Å²) in [5, 5.41) is 0.829. The summed E-state index contributed by atoms with van der Waals surface area (Å²) in [6.07, 6.45) is 2.28. The van der Waals surface area contributed by atoms with Crippen LogP contribution in [0.5, 0.6) is 0 Å². The molecule has 0 atom stereocenters. The van der Waals surface area contributed by atoms with Crippen molar-refractivity contribution in [1.82, 2.24) is 4.98 Å². The molecular weight excluding hydrogens is 273 g/mol. The Balaban J connectivity index is 2.40. The van der Waals surface area contributed by atoms with Crippen LogP contribution in [0.3, 0.4) is 0 Å². The molecule has 4 heteroatoms. The van der Waals surface area contributed by atoms with Crippen LogP contribution in [-0.4, -0.2) is 10.8 Å². The van der Waals surface area contributed by atoms with Crippen molar-refractivity contribution >= 4 is 32.6 Å². The zero-order valence-corrected chi connectivity index (χ0v) is 10.0. The number of H-pyrrole nitrogens is 1. The number of carbonyl (C=O) groups excluding carboxylic acids is 1. The molecule has 0 aliphatic heterocycles. The molecule has 2 aromatic rings. The number of aromatic amines is 1. The first kappa shape index (κ1) is 10.0. The molecule has 0 saturated heterocycles. The Morgan fingerprint density at radius 1 is 1.31 bits per heavy atom. The molecule has 1 N–H and O–H groups in total. The van der Waals surface area contributed by atoms with Gasteiger partial charge in [0.05, 0.1) is 11.2 Å². The van der Waals surface area contributed by atoms with Crippen LogP contribution in [0.1, 0.15) is 28.9 Å².